The molecule has 0 radical (unpaired) electrons. The van der Waals surface area contributed by atoms with Gasteiger partial charge in [-0.2, -0.15) is 0 Å². The summed E-state index contributed by atoms with van der Waals surface area (Å²) in [4.78, 5) is 14.1. The Balaban J connectivity index is 2.76. The molecule has 0 spiro atoms. The van der Waals surface area contributed by atoms with Crippen LogP contribution in [-0.4, -0.2) is 49.4 Å². The monoisotopic (exact) mass is 341 g/mol. The maximum atomic E-state index is 12.6. The lowest BCUT2D eigenvalue weighted by atomic mass is 10.2. The van der Waals surface area contributed by atoms with E-state index in [1.807, 2.05) is 38.1 Å². The summed E-state index contributed by atoms with van der Waals surface area (Å²) in [5, 5.41) is 0. The van der Waals surface area contributed by atoms with Gasteiger partial charge in [-0.1, -0.05) is 24.6 Å². The fourth-order valence-corrected chi connectivity index (χ4v) is 3.52. The minimum absolute atomic E-state index is 0.0274. The summed E-state index contributed by atoms with van der Waals surface area (Å²) in [5.41, 5.74) is 1.12. The van der Waals surface area contributed by atoms with Crippen LogP contribution in [0.2, 0.25) is 0 Å². The lowest BCUT2D eigenvalue weighted by molar-refractivity contribution is -0.139. The Morgan fingerprint density at radius 2 is 1.74 bits per heavy atom. The molecular formula is C17H27NO4S. The fraction of sp³-hybridized carbons (Fsp3) is 0.588. The first-order valence-corrected chi connectivity index (χ1v) is 9.76. The van der Waals surface area contributed by atoms with E-state index >= 15 is 0 Å². The molecule has 1 aromatic carbocycles. The van der Waals surface area contributed by atoms with E-state index in [1.165, 1.54) is 0 Å². The summed E-state index contributed by atoms with van der Waals surface area (Å²) in [6.45, 7) is 9.32. The van der Waals surface area contributed by atoms with Gasteiger partial charge in [0.05, 0.1) is 5.75 Å². The van der Waals surface area contributed by atoms with Gasteiger partial charge in [-0.3, -0.25) is 4.79 Å². The SMILES string of the molecule is CCN(C(=O)C(C)Oc1ccc(C)cc1)C(C)CS(=O)(=O)CC. The van der Waals surface area contributed by atoms with Gasteiger partial charge >= 0.3 is 0 Å². The van der Waals surface area contributed by atoms with Crippen LogP contribution in [-0.2, 0) is 14.6 Å². The van der Waals surface area contributed by atoms with Crippen molar-refractivity contribution in [2.45, 2.75) is 46.8 Å². The van der Waals surface area contributed by atoms with E-state index in [0.717, 1.165) is 5.56 Å². The molecule has 0 fully saturated rings. The largest absolute Gasteiger partial charge is 0.481 e. The average molecular weight is 341 g/mol. The molecule has 0 aliphatic rings. The number of carbonyl (C=O) groups is 1. The van der Waals surface area contributed by atoms with Crippen molar-refractivity contribution < 1.29 is 17.9 Å². The number of aryl methyl sites for hydroxylation is 1. The number of ether oxygens (including phenoxy) is 1. The Kier molecular flexibility index (Phi) is 7.06. The van der Waals surface area contributed by atoms with Gasteiger partial charge in [0.1, 0.15) is 5.75 Å². The molecule has 23 heavy (non-hydrogen) atoms. The topological polar surface area (TPSA) is 63.7 Å². The van der Waals surface area contributed by atoms with Crippen LogP contribution in [0.4, 0.5) is 0 Å². The minimum Gasteiger partial charge on any atom is -0.481 e. The van der Waals surface area contributed by atoms with Gasteiger partial charge in [0.25, 0.3) is 5.91 Å². The molecule has 0 saturated carbocycles. The van der Waals surface area contributed by atoms with Crippen LogP contribution in [0, 0.1) is 6.92 Å². The number of sulfone groups is 1. The van der Waals surface area contributed by atoms with Crippen molar-refractivity contribution in [1.29, 1.82) is 0 Å². The van der Waals surface area contributed by atoms with E-state index < -0.39 is 15.9 Å². The fourth-order valence-electron chi connectivity index (χ4n) is 2.36. The Morgan fingerprint density at radius 1 is 1.17 bits per heavy atom. The van der Waals surface area contributed by atoms with Gasteiger partial charge in [0.2, 0.25) is 0 Å². The zero-order valence-electron chi connectivity index (χ0n) is 14.6. The molecule has 0 N–H and O–H groups in total. The van der Waals surface area contributed by atoms with Crippen molar-refractivity contribution in [3.05, 3.63) is 29.8 Å². The van der Waals surface area contributed by atoms with Crippen LogP contribution in [0.1, 0.15) is 33.3 Å². The maximum absolute atomic E-state index is 12.6. The molecule has 0 bridgehead atoms. The molecule has 0 aromatic heterocycles. The van der Waals surface area contributed by atoms with E-state index in [-0.39, 0.29) is 23.5 Å². The number of rotatable bonds is 8. The minimum atomic E-state index is -3.13. The Morgan fingerprint density at radius 3 is 2.22 bits per heavy atom. The number of benzene rings is 1. The van der Waals surface area contributed by atoms with Gasteiger partial charge in [0, 0.05) is 18.3 Å². The third-order valence-electron chi connectivity index (χ3n) is 3.77. The van der Waals surface area contributed by atoms with Crippen LogP contribution < -0.4 is 4.74 Å². The van der Waals surface area contributed by atoms with Crippen LogP contribution in [0.3, 0.4) is 0 Å². The lowest BCUT2D eigenvalue weighted by Gasteiger charge is -2.30. The highest BCUT2D eigenvalue weighted by Crippen LogP contribution is 2.15. The Labute approximate surface area is 139 Å². The summed E-state index contributed by atoms with van der Waals surface area (Å²) in [7, 11) is -3.13. The molecule has 1 amide bonds. The third-order valence-corrected chi connectivity index (χ3v) is 5.64. The van der Waals surface area contributed by atoms with Crippen molar-refractivity contribution in [3.8, 4) is 5.75 Å². The zero-order valence-corrected chi connectivity index (χ0v) is 15.4. The second-order valence-electron chi connectivity index (χ2n) is 5.75. The third kappa shape index (κ3) is 5.86. The summed E-state index contributed by atoms with van der Waals surface area (Å²) in [5.74, 6) is 0.479. The Bertz CT molecular complexity index is 610. The second-order valence-corrected chi connectivity index (χ2v) is 8.14. The van der Waals surface area contributed by atoms with Gasteiger partial charge in [-0.15, -0.1) is 0 Å². The molecule has 5 nitrogen and oxygen atoms in total. The summed E-state index contributed by atoms with van der Waals surface area (Å²) < 4.78 is 29.2. The van der Waals surface area contributed by atoms with Crippen LogP contribution in [0.5, 0.6) is 5.75 Å². The van der Waals surface area contributed by atoms with Crippen molar-refractivity contribution >= 4 is 15.7 Å². The maximum Gasteiger partial charge on any atom is 0.263 e. The first-order chi connectivity index (χ1) is 10.7. The number of nitrogens with zero attached hydrogens (tertiary/aromatic N) is 1. The standard InChI is InChI=1S/C17H27NO4S/c1-6-18(14(4)12-23(20,21)7-2)17(19)15(5)22-16-10-8-13(3)9-11-16/h8-11,14-15H,6-7,12H2,1-5H3. The van der Waals surface area contributed by atoms with Crippen molar-refractivity contribution in [1.82, 2.24) is 4.90 Å². The molecule has 1 aromatic rings. The van der Waals surface area contributed by atoms with Crippen molar-refractivity contribution in [2.75, 3.05) is 18.1 Å². The van der Waals surface area contributed by atoms with E-state index in [1.54, 1.807) is 25.7 Å². The predicted octanol–water partition coefficient (Wildman–Crippen LogP) is 2.43. The first kappa shape index (κ1) is 19.5. The van der Waals surface area contributed by atoms with Gasteiger partial charge in [0.15, 0.2) is 15.9 Å². The molecule has 0 aliphatic heterocycles. The molecule has 0 heterocycles. The Hall–Kier alpha value is -1.56. The summed E-state index contributed by atoms with van der Waals surface area (Å²) in [6.07, 6.45) is -0.663. The molecule has 2 unspecified atom stereocenters. The van der Waals surface area contributed by atoms with E-state index in [9.17, 15) is 13.2 Å². The molecule has 6 heteroatoms. The molecule has 1 rings (SSSR count). The average Bonchev–Trinajstić information content (AvgIpc) is 2.49. The number of amides is 1. The highest BCUT2D eigenvalue weighted by molar-refractivity contribution is 7.91. The highest BCUT2D eigenvalue weighted by Gasteiger charge is 2.27. The van der Waals surface area contributed by atoms with Crippen molar-refractivity contribution in [3.63, 3.8) is 0 Å². The molecule has 130 valence electrons. The van der Waals surface area contributed by atoms with E-state index in [0.29, 0.717) is 12.3 Å². The highest BCUT2D eigenvalue weighted by atomic mass is 32.2. The van der Waals surface area contributed by atoms with Crippen LogP contribution in [0.25, 0.3) is 0 Å². The van der Waals surface area contributed by atoms with E-state index in [2.05, 4.69) is 0 Å². The molecule has 0 aliphatic carbocycles. The smallest absolute Gasteiger partial charge is 0.263 e. The molecule has 2 atom stereocenters. The van der Waals surface area contributed by atoms with Crippen molar-refractivity contribution in [2.24, 2.45) is 0 Å². The molecular weight excluding hydrogens is 314 g/mol. The normalized spacial score (nSPS) is 14.1. The number of likely N-dealkylation sites (N-methyl/N-ethyl adjacent to an activating group) is 1. The number of hydrogen-bond donors (Lipinski definition) is 0. The summed E-state index contributed by atoms with van der Waals surface area (Å²) >= 11 is 0. The van der Waals surface area contributed by atoms with Crippen LogP contribution in [0.15, 0.2) is 24.3 Å². The molecule has 0 saturated heterocycles. The first-order valence-electron chi connectivity index (χ1n) is 7.94. The number of carbonyl (C=O) groups excluding carboxylic acids is 1. The van der Waals surface area contributed by atoms with Gasteiger partial charge in [-0.05, 0) is 39.8 Å². The second kappa shape index (κ2) is 8.34. The predicted molar refractivity (Wildman–Crippen MR) is 92.4 cm³/mol. The lowest BCUT2D eigenvalue weighted by Crippen LogP contribution is -2.47. The van der Waals surface area contributed by atoms with E-state index in [4.69, 9.17) is 4.74 Å². The number of hydrogen-bond acceptors (Lipinski definition) is 4. The summed E-state index contributed by atoms with van der Waals surface area (Å²) in [6, 6.07) is 7.10. The van der Waals surface area contributed by atoms with Gasteiger partial charge in [-0.25, -0.2) is 8.42 Å². The zero-order chi connectivity index (χ0) is 17.6. The quantitative estimate of drug-likeness (QED) is 0.728. The van der Waals surface area contributed by atoms with Crippen LogP contribution >= 0.6 is 0 Å². The van der Waals surface area contributed by atoms with Gasteiger partial charge < -0.3 is 9.64 Å².